The Morgan fingerprint density at radius 2 is 1.56 bits per heavy atom. The van der Waals surface area contributed by atoms with Crippen LogP contribution in [0.4, 0.5) is 22.0 Å². The van der Waals surface area contributed by atoms with Crippen molar-refractivity contribution in [3.05, 3.63) is 101 Å². The van der Waals surface area contributed by atoms with Gasteiger partial charge in [-0.3, -0.25) is 4.98 Å². The molecule has 0 aliphatic rings. The first-order valence-corrected chi connectivity index (χ1v) is 11.5. The van der Waals surface area contributed by atoms with Crippen LogP contribution in [0.1, 0.15) is 29.3 Å². The average molecular weight is 501 g/mol. The summed E-state index contributed by atoms with van der Waals surface area (Å²) < 4.78 is 75.1. The van der Waals surface area contributed by atoms with E-state index in [1.807, 2.05) is 37.3 Å². The van der Waals surface area contributed by atoms with Crippen molar-refractivity contribution < 1.29 is 31.4 Å². The lowest BCUT2D eigenvalue weighted by Gasteiger charge is -2.11. The minimum atomic E-state index is -4.97. The molecule has 0 unspecified atom stereocenters. The summed E-state index contributed by atoms with van der Waals surface area (Å²) in [7, 11) is 0. The number of rotatable bonds is 9. The standard InChI is InChI=1S/C28H24F5NO2/c1-2-35-23-12-11-22(34-17-23)10-4-18-5-13-24-21(15-18)9-8-20(27(24)30)7-3-19-6-14-26(25(29)16-19)36-28(31,32)33/h5-6,8-9,11-17H,2-4,7,10H2,1H3. The van der Waals surface area contributed by atoms with Crippen LogP contribution >= 0.6 is 0 Å². The molecule has 4 rings (SSSR count). The van der Waals surface area contributed by atoms with Crippen molar-refractivity contribution in [1.82, 2.24) is 4.98 Å². The predicted molar refractivity (Wildman–Crippen MR) is 127 cm³/mol. The second kappa shape index (κ2) is 10.9. The van der Waals surface area contributed by atoms with Gasteiger partial charge in [0.1, 0.15) is 11.6 Å². The minimum absolute atomic E-state index is 0.263. The Kier molecular flexibility index (Phi) is 7.72. The van der Waals surface area contributed by atoms with Crippen LogP contribution in [0.25, 0.3) is 10.8 Å². The van der Waals surface area contributed by atoms with Crippen LogP contribution in [0.15, 0.2) is 66.9 Å². The monoisotopic (exact) mass is 501 g/mol. The Morgan fingerprint density at radius 1 is 0.806 bits per heavy atom. The number of halogens is 5. The molecular weight excluding hydrogens is 477 g/mol. The van der Waals surface area contributed by atoms with Crippen molar-refractivity contribution in [1.29, 1.82) is 0 Å². The van der Waals surface area contributed by atoms with Gasteiger partial charge in [-0.15, -0.1) is 13.2 Å². The molecule has 0 saturated heterocycles. The van der Waals surface area contributed by atoms with Crippen LogP contribution in [0.3, 0.4) is 0 Å². The number of hydrogen-bond acceptors (Lipinski definition) is 3. The molecule has 0 amide bonds. The number of alkyl halides is 3. The Bertz CT molecular complexity index is 1340. The zero-order chi connectivity index (χ0) is 25.7. The molecule has 0 saturated carbocycles. The summed E-state index contributed by atoms with van der Waals surface area (Å²) >= 11 is 0. The largest absolute Gasteiger partial charge is 0.573 e. The molecular formula is C28H24F5NO2. The number of nitrogens with zero attached hydrogens (tertiary/aromatic N) is 1. The molecule has 0 fully saturated rings. The second-order valence-electron chi connectivity index (χ2n) is 8.32. The summed E-state index contributed by atoms with van der Waals surface area (Å²) in [5.74, 6) is -1.63. The van der Waals surface area contributed by atoms with E-state index in [2.05, 4.69) is 9.72 Å². The molecule has 4 aromatic rings. The van der Waals surface area contributed by atoms with Gasteiger partial charge >= 0.3 is 6.36 Å². The molecule has 3 nitrogen and oxygen atoms in total. The van der Waals surface area contributed by atoms with E-state index in [9.17, 15) is 17.6 Å². The molecule has 1 heterocycles. The number of aryl methyl sites for hydroxylation is 4. The van der Waals surface area contributed by atoms with Gasteiger partial charge in [0, 0.05) is 11.1 Å². The number of aromatic nitrogens is 1. The molecule has 3 aromatic carbocycles. The van der Waals surface area contributed by atoms with E-state index in [1.54, 1.807) is 18.3 Å². The van der Waals surface area contributed by atoms with E-state index in [0.717, 1.165) is 47.4 Å². The molecule has 0 atom stereocenters. The molecule has 0 bridgehead atoms. The fraction of sp³-hybridized carbons (Fsp3) is 0.250. The molecule has 0 aliphatic carbocycles. The fourth-order valence-corrected chi connectivity index (χ4v) is 4.00. The third-order valence-corrected chi connectivity index (χ3v) is 5.78. The lowest BCUT2D eigenvalue weighted by molar-refractivity contribution is -0.275. The highest BCUT2D eigenvalue weighted by Gasteiger charge is 2.32. The summed E-state index contributed by atoms with van der Waals surface area (Å²) in [6.07, 6.45) is -1.25. The van der Waals surface area contributed by atoms with E-state index >= 15 is 4.39 Å². The van der Waals surface area contributed by atoms with Gasteiger partial charge in [-0.2, -0.15) is 0 Å². The van der Waals surface area contributed by atoms with Crippen molar-refractivity contribution in [2.75, 3.05) is 6.61 Å². The zero-order valence-electron chi connectivity index (χ0n) is 19.5. The predicted octanol–water partition coefficient (Wildman–Crippen LogP) is 7.38. The van der Waals surface area contributed by atoms with Gasteiger partial charge in [0.25, 0.3) is 0 Å². The highest BCUT2D eigenvalue weighted by atomic mass is 19.4. The lowest BCUT2D eigenvalue weighted by atomic mass is 9.98. The van der Waals surface area contributed by atoms with E-state index in [1.165, 1.54) is 6.07 Å². The van der Waals surface area contributed by atoms with Gasteiger partial charge in [-0.25, -0.2) is 8.78 Å². The van der Waals surface area contributed by atoms with Crippen LogP contribution in [-0.2, 0) is 25.7 Å². The van der Waals surface area contributed by atoms with Crippen LogP contribution in [0, 0.1) is 11.6 Å². The van der Waals surface area contributed by atoms with Crippen LogP contribution in [0.2, 0.25) is 0 Å². The van der Waals surface area contributed by atoms with Crippen molar-refractivity contribution in [3.8, 4) is 11.5 Å². The van der Waals surface area contributed by atoms with E-state index in [-0.39, 0.29) is 18.7 Å². The summed E-state index contributed by atoms with van der Waals surface area (Å²) in [4.78, 5) is 4.41. The quantitative estimate of drug-likeness (QED) is 0.224. The van der Waals surface area contributed by atoms with Crippen LogP contribution in [-0.4, -0.2) is 18.0 Å². The lowest BCUT2D eigenvalue weighted by Crippen LogP contribution is -2.18. The number of benzene rings is 3. The molecule has 36 heavy (non-hydrogen) atoms. The molecule has 0 aliphatic heterocycles. The van der Waals surface area contributed by atoms with Gasteiger partial charge in [0.05, 0.1) is 12.8 Å². The maximum atomic E-state index is 15.1. The topological polar surface area (TPSA) is 31.4 Å². The summed E-state index contributed by atoms with van der Waals surface area (Å²) in [6, 6.07) is 16.2. The molecule has 8 heteroatoms. The van der Waals surface area contributed by atoms with Crippen molar-refractivity contribution in [2.45, 2.75) is 39.0 Å². The SMILES string of the molecule is CCOc1ccc(CCc2ccc3c(F)c(CCc4ccc(OC(F)(F)F)c(F)c4)ccc3c2)nc1. The average Bonchev–Trinajstić information content (AvgIpc) is 2.84. The third-order valence-electron chi connectivity index (χ3n) is 5.78. The summed E-state index contributed by atoms with van der Waals surface area (Å²) in [5.41, 5.74) is 2.89. The minimum Gasteiger partial charge on any atom is -0.492 e. The number of hydrogen-bond donors (Lipinski definition) is 0. The van der Waals surface area contributed by atoms with E-state index in [0.29, 0.717) is 23.1 Å². The Labute approximate surface area is 205 Å². The normalized spacial score (nSPS) is 11.6. The van der Waals surface area contributed by atoms with Crippen molar-refractivity contribution >= 4 is 10.8 Å². The molecule has 0 spiro atoms. The molecule has 188 valence electrons. The Morgan fingerprint density at radius 3 is 2.25 bits per heavy atom. The fourth-order valence-electron chi connectivity index (χ4n) is 4.00. The summed E-state index contributed by atoms with van der Waals surface area (Å²) in [5, 5.41) is 1.25. The van der Waals surface area contributed by atoms with Crippen LogP contribution < -0.4 is 9.47 Å². The van der Waals surface area contributed by atoms with Crippen molar-refractivity contribution in [3.63, 3.8) is 0 Å². The van der Waals surface area contributed by atoms with Crippen molar-refractivity contribution in [2.24, 2.45) is 0 Å². The van der Waals surface area contributed by atoms with E-state index < -0.39 is 17.9 Å². The first-order chi connectivity index (χ1) is 17.2. The first-order valence-electron chi connectivity index (χ1n) is 11.5. The highest BCUT2D eigenvalue weighted by Crippen LogP contribution is 2.28. The molecule has 1 aromatic heterocycles. The first kappa shape index (κ1) is 25.4. The van der Waals surface area contributed by atoms with Gasteiger partial charge in [0.2, 0.25) is 0 Å². The van der Waals surface area contributed by atoms with E-state index in [4.69, 9.17) is 4.74 Å². The molecule has 0 radical (unpaired) electrons. The maximum absolute atomic E-state index is 15.1. The van der Waals surface area contributed by atoms with Gasteiger partial charge in [0.15, 0.2) is 11.6 Å². The van der Waals surface area contributed by atoms with Crippen LogP contribution in [0.5, 0.6) is 11.5 Å². The van der Waals surface area contributed by atoms with Gasteiger partial charge in [-0.1, -0.05) is 36.4 Å². The summed E-state index contributed by atoms with van der Waals surface area (Å²) in [6.45, 7) is 2.50. The molecule has 0 N–H and O–H groups in total. The smallest absolute Gasteiger partial charge is 0.492 e. The second-order valence-corrected chi connectivity index (χ2v) is 8.32. The maximum Gasteiger partial charge on any atom is 0.573 e. The third kappa shape index (κ3) is 6.50. The number of fused-ring (bicyclic) bond motifs is 1. The number of ether oxygens (including phenoxy) is 2. The number of pyridine rings is 1. The highest BCUT2D eigenvalue weighted by molar-refractivity contribution is 5.84. The zero-order valence-corrected chi connectivity index (χ0v) is 19.5. The van der Waals surface area contributed by atoms with Gasteiger partial charge in [-0.05, 0) is 78.9 Å². The Hall–Kier alpha value is -3.68. The Balaban J connectivity index is 1.40. The van der Waals surface area contributed by atoms with Gasteiger partial charge < -0.3 is 9.47 Å².